The second-order valence-electron chi connectivity index (χ2n) is 6.40. The van der Waals surface area contributed by atoms with Gasteiger partial charge in [-0.2, -0.15) is 13.2 Å². The van der Waals surface area contributed by atoms with Gasteiger partial charge in [-0.25, -0.2) is 0 Å². The molecule has 9 heteroatoms. The van der Waals surface area contributed by atoms with Crippen molar-refractivity contribution >= 4 is 23.4 Å². The summed E-state index contributed by atoms with van der Waals surface area (Å²) in [5, 5.41) is 11.2. The number of rotatable bonds is 7. The SMILES string of the molecule is C=CCn1c(SCC(=O)Nc2ccccc2C(F)(F)F)nnc1-c1ccccc1C. The lowest BCUT2D eigenvalue weighted by Gasteiger charge is -2.13. The molecule has 156 valence electrons. The summed E-state index contributed by atoms with van der Waals surface area (Å²) in [5.74, 6) is -0.0458. The van der Waals surface area contributed by atoms with Gasteiger partial charge in [0.2, 0.25) is 5.91 Å². The fourth-order valence-corrected chi connectivity index (χ4v) is 3.62. The third-order valence-electron chi connectivity index (χ3n) is 4.25. The molecular formula is C21H19F3N4OS. The molecule has 1 aromatic heterocycles. The number of alkyl halides is 3. The van der Waals surface area contributed by atoms with Gasteiger partial charge >= 0.3 is 6.18 Å². The van der Waals surface area contributed by atoms with Gasteiger partial charge in [0.25, 0.3) is 0 Å². The highest BCUT2D eigenvalue weighted by molar-refractivity contribution is 7.99. The molecule has 0 fully saturated rings. The van der Waals surface area contributed by atoms with Crippen LogP contribution >= 0.6 is 11.8 Å². The van der Waals surface area contributed by atoms with Gasteiger partial charge in [-0.15, -0.1) is 16.8 Å². The lowest BCUT2D eigenvalue weighted by Crippen LogP contribution is -2.18. The van der Waals surface area contributed by atoms with Crippen molar-refractivity contribution in [3.63, 3.8) is 0 Å². The van der Waals surface area contributed by atoms with Crippen molar-refractivity contribution in [3.8, 4) is 11.4 Å². The van der Waals surface area contributed by atoms with E-state index >= 15 is 0 Å². The summed E-state index contributed by atoms with van der Waals surface area (Å²) in [6, 6.07) is 12.6. The van der Waals surface area contributed by atoms with Crippen LogP contribution in [0, 0.1) is 6.92 Å². The minimum atomic E-state index is -4.55. The number of hydrogen-bond donors (Lipinski definition) is 1. The highest BCUT2D eigenvalue weighted by Crippen LogP contribution is 2.34. The van der Waals surface area contributed by atoms with Gasteiger partial charge in [0, 0.05) is 12.1 Å². The van der Waals surface area contributed by atoms with Crippen molar-refractivity contribution in [2.75, 3.05) is 11.1 Å². The second-order valence-corrected chi connectivity index (χ2v) is 7.34. The fraction of sp³-hybridized carbons (Fsp3) is 0.190. The standard InChI is InChI=1S/C21H19F3N4OS/c1-3-12-28-19(15-9-5-4-8-14(15)2)26-27-20(28)30-13-18(29)25-17-11-7-6-10-16(17)21(22,23)24/h3-11H,1,12-13H2,2H3,(H,25,29). The highest BCUT2D eigenvalue weighted by Gasteiger charge is 2.33. The number of carbonyl (C=O) groups is 1. The Labute approximate surface area is 176 Å². The number of halogens is 3. The topological polar surface area (TPSA) is 59.8 Å². The zero-order valence-corrected chi connectivity index (χ0v) is 16.9. The summed E-state index contributed by atoms with van der Waals surface area (Å²) < 4.78 is 41.1. The highest BCUT2D eigenvalue weighted by atomic mass is 32.2. The monoisotopic (exact) mass is 432 g/mol. The maximum Gasteiger partial charge on any atom is 0.418 e. The predicted octanol–water partition coefficient (Wildman–Crippen LogP) is 5.19. The Bertz CT molecular complexity index is 1060. The van der Waals surface area contributed by atoms with E-state index in [0.29, 0.717) is 17.5 Å². The number of thioether (sulfide) groups is 1. The average Bonchev–Trinajstić information content (AvgIpc) is 3.09. The first-order valence-corrected chi connectivity index (χ1v) is 9.98. The Balaban J connectivity index is 1.76. The third-order valence-corrected chi connectivity index (χ3v) is 5.22. The quantitative estimate of drug-likeness (QED) is 0.412. The molecule has 0 aliphatic carbocycles. The summed E-state index contributed by atoms with van der Waals surface area (Å²) >= 11 is 1.10. The van der Waals surface area contributed by atoms with E-state index in [2.05, 4.69) is 22.1 Å². The van der Waals surface area contributed by atoms with Crippen LogP contribution in [-0.2, 0) is 17.5 Å². The van der Waals surface area contributed by atoms with Crippen LogP contribution in [0.1, 0.15) is 11.1 Å². The molecule has 2 aromatic carbocycles. The maximum atomic E-state index is 13.1. The number of hydrogen-bond acceptors (Lipinski definition) is 4. The first-order valence-electron chi connectivity index (χ1n) is 9.00. The molecule has 3 aromatic rings. The molecule has 0 aliphatic heterocycles. The van der Waals surface area contributed by atoms with Gasteiger partial charge in [0.05, 0.1) is 17.0 Å². The average molecular weight is 432 g/mol. The van der Waals surface area contributed by atoms with Crippen molar-refractivity contribution in [2.45, 2.75) is 24.8 Å². The number of nitrogens with zero attached hydrogens (tertiary/aromatic N) is 3. The van der Waals surface area contributed by atoms with E-state index in [-0.39, 0.29) is 11.4 Å². The number of anilines is 1. The molecule has 0 spiro atoms. The lowest BCUT2D eigenvalue weighted by molar-refractivity contribution is -0.137. The van der Waals surface area contributed by atoms with E-state index in [0.717, 1.165) is 29.0 Å². The number of carbonyl (C=O) groups excluding carboxylic acids is 1. The molecule has 5 nitrogen and oxygen atoms in total. The van der Waals surface area contributed by atoms with E-state index in [1.54, 1.807) is 6.08 Å². The Morgan fingerprint density at radius 1 is 1.17 bits per heavy atom. The van der Waals surface area contributed by atoms with E-state index in [9.17, 15) is 18.0 Å². The molecule has 1 N–H and O–H groups in total. The molecule has 1 heterocycles. The minimum absolute atomic E-state index is 0.116. The number of para-hydroxylation sites is 1. The van der Waals surface area contributed by atoms with Crippen molar-refractivity contribution < 1.29 is 18.0 Å². The Morgan fingerprint density at radius 2 is 1.87 bits per heavy atom. The van der Waals surface area contributed by atoms with Gasteiger partial charge in [-0.05, 0) is 24.6 Å². The van der Waals surface area contributed by atoms with Crippen LogP contribution in [-0.4, -0.2) is 26.4 Å². The molecule has 0 saturated carbocycles. The zero-order valence-electron chi connectivity index (χ0n) is 16.1. The number of amides is 1. The van der Waals surface area contributed by atoms with E-state index < -0.39 is 17.6 Å². The van der Waals surface area contributed by atoms with Gasteiger partial charge in [-0.3, -0.25) is 9.36 Å². The van der Waals surface area contributed by atoms with Crippen LogP contribution < -0.4 is 5.32 Å². The summed E-state index contributed by atoms with van der Waals surface area (Å²) in [7, 11) is 0. The Hall–Kier alpha value is -3.07. The molecule has 0 bridgehead atoms. The zero-order chi connectivity index (χ0) is 21.7. The van der Waals surface area contributed by atoms with Gasteiger partial charge < -0.3 is 5.32 Å². The number of benzene rings is 2. The molecule has 0 radical (unpaired) electrons. The van der Waals surface area contributed by atoms with Crippen molar-refractivity contribution in [1.29, 1.82) is 0 Å². The smallest absolute Gasteiger partial charge is 0.325 e. The Morgan fingerprint density at radius 3 is 2.57 bits per heavy atom. The van der Waals surface area contributed by atoms with Gasteiger partial charge in [-0.1, -0.05) is 54.2 Å². The summed E-state index contributed by atoms with van der Waals surface area (Å²) in [6.45, 7) is 6.13. The molecule has 30 heavy (non-hydrogen) atoms. The van der Waals surface area contributed by atoms with Crippen LogP contribution in [0.5, 0.6) is 0 Å². The molecule has 0 unspecified atom stereocenters. The number of nitrogens with one attached hydrogen (secondary N) is 1. The van der Waals surface area contributed by atoms with Crippen molar-refractivity contribution in [3.05, 3.63) is 72.3 Å². The summed E-state index contributed by atoms with van der Waals surface area (Å²) in [5.41, 5.74) is 0.763. The van der Waals surface area contributed by atoms with Crippen molar-refractivity contribution in [2.24, 2.45) is 0 Å². The molecule has 0 atom stereocenters. The Kier molecular flexibility index (Phi) is 6.61. The predicted molar refractivity (Wildman–Crippen MR) is 111 cm³/mol. The first kappa shape index (κ1) is 21.6. The molecule has 0 saturated heterocycles. The molecule has 3 rings (SSSR count). The van der Waals surface area contributed by atoms with E-state index in [1.165, 1.54) is 18.2 Å². The van der Waals surface area contributed by atoms with E-state index in [4.69, 9.17) is 0 Å². The number of aryl methyl sites for hydroxylation is 1. The maximum absolute atomic E-state index is 13.1. The minimum Gasteiger partial charge on any atom is -0.325 e. The third kappa shape index (κ3) is 4.91. The van der Waals surface area contributed by atoms with Crippen LogP contribution in [0.15, 0.2) is 66.3 Å². The summed E-state index contributed by atoms with van der Waals surface area (Å²) in [4.78, 5) is 12.3. The second kappa shape index (κ2) is 9.17. The van der Waals surface area contributed by atoms with Gasteiger partial charge in [0.1, 0.15) is 0 Å². The number of allylic oxidation sites excluding steroid dienone is 1. The molecule has 0 aliphatic rings. The van der Waals surface area contributed by atoms with Crippen LogP contribution in [0.4, 0.5) is 18.9 Å². The largest absolute Gasteiger partial charge is 0.418 e. The van der Waals surface area contributed by atoms with Crippen LogP contribution in [0.3, 0.4) is 0 Å². The molecule has 1 amide bonds. The lowest BCUT2D eigenvalue weighted by atomic mass is 10.1. The van der Waals surface area contributed by atoms with Gasteiger partial charge in [0.15, 0.2) is 11.0 Å². The summed E-state index contributed by atoms with van der Waals surface area (Å²) in [6.07, 6.45) is -2.86. The molecular weight excluding hydrogens is 413 g/mol. The van der Waals surface area contributed by atoms with Crippen molar-refractivity contribution in [1.82, 2.24) is 14.8 Å². The fourth-order valence-electron chi connectivity index (χ4n) is 2.87. The van der Waals surface area contributed by atoms with Crippen LogP contribution in [0.2, 0.25) is 0 Å². The number of aromatic nitrogens is 3. The van der Waals surface area contributed by atoms with Crippen LogP contribution in [0.25, 0.3) is 11.4 Å². The normalized spacial score (nSPS) is 11.3. The first-order chi connectivity index (χ1) is 14.3. The van der Waals surface area contributed by atoms with E-state index in [1.807, 2.05) is 35.8 Å².